The van der Waals surface area contributed by atoms with Crippen molar-refractivity contribution in [2.75, 3.05) is 26.2 Å². The van der Waals surface area contributed by atoms with Crippen LogP contribution in [0.15, 0.2) is 88.1 Å². The fourth-order valence-electron chi connectivity index (χ4n) is 6.31. The maximum absolute atomic E-state index is 14.0. The number of carbonyl (C=O) groups is 2. The summed E-state index contributed by atoms with van der Waals surface area (Å²) in [6.07, 6.45) is 3.41. The average Bonchev–Trinajstić information content (AvgIpc) is 3.03. The second-order valence-electron chi connectivity index (χ2n) is 11.3. The molecule has 2 heterocycles. The molecular formula is C37H30N2O5. The molecule has 4 aliphatic rings. The minimum Gasteiger partial charge on any atom is -0.508 e. The Kier molecular flexibility index (Phi) is 7.11. The van der Waals surface area contributed by atoms with Crippen molar-refractivity contribution < 1.29 is 19.1 Å². The Balaban J connectivity index is 1.16. The minimum absolute atomic E-state index is 0.0135. The van der Waals surface area contributed by atoms with Gasteiger partial charge in [0.15, 0.2) is 5.43 Å². The molecule has 2 aliphatic heterocycles. The summed E-state index contributed by atoms with van der Waals surface area (Å²) in [7, 11) is 0. The Morgan fingerprint density at radius 2 is 1.45 bits per heavy atom. The molecule has 44 heavy (non-hydrogen) atoms. The lowest BCUT2D eigenvalue weighted by molar-refractivity contribution is 0.0536. The van der Waals surface area contributed by atoms with Gasteiger partial charge >= 0.3 is 0 Å². The molecule has 0 radical (unpaired) electrons. The highest BCUT2D eigenvalue weighted by Crippen LogP contribution is 2.42. The van der Waals surface area contributed by atoms with Crippen LogP contribution in [0, 0.1) is 11.8 Å². The van der Waals surface area contributed by atoms with Gasteiger partial charge in [-0.3, -0.25) is 14.4 Å². The van der Waals surface area contributed by atoms with Crippen molar-refractivity contribution in [1.82, 2.24) is 9.80 Å². The van der Waals surface area contributed by atoms with Gasteiger partial charge in [-0.15, -0.1) is 11.8 Å². The molecule has 1 fully saturated rings. The van der Waals surface area contributed by atoms with E-state index >= 15 is 0 Å². The molecule has 3 aromatic carbocycles. The van der Waals surface area contributed by atoms with E-state index in [1.165, 1.54) is 29.3 Å². The van der Waals surface area contributed by atoms with E-state index in [1.54, 1.807) is 23.1 Å². The first kappa shape index (κ1) is 27.5. The van der Waals surface area contributed by atoms with E-state index in [9.17, 15) is 19.5 Å². The van der Waals surface area contributed by atoms with Gasteiger partial charge in [0, 0.05) is 78.8 Å². The summed E-state index contributed by atoms with van der Waals surface area (Å²) in [5, 5.41) is 10.8. The molecule has 7 rings (SSSR count). The summed E-state index contributed by atoms with van der Waals surface area (Å²) in [6.45, 7) is 1.71. The Labute approximate surface area is 254 Å². The van der Waals surface area contributed by atoms with Crippen LogP contribution in [0.5, 0.6) is 5.75 Å². The monoisotopic (exact) mass is 582 g/mol. The molecule has 7 nitrogen and oxygen atoms in total. The highest BCUT2D eigenvalue weighted by Gasteiger charge is 2.28. The Morgan fingerprint density at radius 1 is 0.727 bits per heavy atom. The van der Waals surface area contributed by atoms with Gasteiger partial charge in [0.05, 0.1) is 0 Å². The van der Waals surface area contributed by atoms with Crippen LogP contribution in [0.1, 0.15) is 44.7 Å². The van der Waals surface area contributed by atoms with Gasteiger partial charge in [-0.2, -0.15) is 0 Å². The molecule has 2 aliphatic carbocycles. The maximum Gasteiger partial charge on any atom is 0.254 e. The smallest absolute Gasteiger partial charge is 0.254 e. The number of carbonyl (C=O) groups excluding carboxylic acids is 2. The number of amides is 2. The van der Waals surface area contributed by atoms with Crippen LogP contribution in [0.25, 0.3) is 33.4 Å². The Bertz CT molecular complexity index is 2020. The molecule has 3 aromatic rings. The lowest BCUT2D eigenvalue weighted by Crippen LogP contribution is -2.50. The number of piperazine rings is 1. The molecule has 0 saturated carbocycles. The van der Waals surface area contributed by atoms with Crippen molar-refractivity contribution in [2.45, 2.75) is 25.7 Å². The van der Waals surface area contributed by atoms with Crippen molar-refractivity contribution in [3.05, 3.63) is 111 Å². The van der Waals surface area contributed by atoms with Crippen LogP contribution in [-0.2, 0) is 12.8 Å². The standard InChI is InChI=1S/C37H30N2O5/c40-27-13-15-31-33(22-27)44-34-23-28(41)14-16-32(34)35(31)29-9-5-6-10-30(29)37(43)39-19-17-38(18-20-39)36(42)26-12-11-24-7-3-1-2-4-8-25(24)21-26/h5-6,9-16,21-23,40H,3-4,7-8,17-20H2. The summed E-state index contributed by atoms with van der Waals surface area (Å²) in [6, 6.07) is 22.9. The molecule has 7 heteroatoms. The molecule has 0 atom stereocenters. The van der Waals surface area contributed by atoms with Gasteiger partial charge in [-0.1, -0.05) is 24.3 Å². The molecule has 1 saturated heterocycles. The average molecular weight is 583 g/mol. The fourth-order valence-corrected chi connectivity index (χ4v) is 6.31. The Morgan fingerprint density at radius 3 is 2.25 bits per heavy atom. The minimum atomic E-state index is -0.195. The third-order valence-electron chi connectivity index (χ3n) is 8.57. The molecule has 1 N–H and O–H groups in total. The van der Waals surface area contributed by atoms with E-state index < -0.39 is 0 Å². The maximum atomic E-state index is 14.0. The van der Waals surface area contributed by atoms with E-state index in [4.69, 9.17) is 4.42 Å². The summed E-state index contributed by atoms with van der Waals surface area (Å²) in [5.74, 6) is 6.66. The number of rotatable bonds is 3. The molecular weight excluding hydrogens is 552 g/mol. The number of phenols is 1. The van der Waals surface area contributed by atoms with Crippen LogP contribution in [0.2, 0.25) is 0 Å². The van der Waals surface area contributed by atoms with Gasteiger partial charge in [0.2, 0.25) is 0 Å². The first-order chi connectivity index (χ1) is 21.5. The van der Waals surface area contributed by atoms with E-state index in [2.05, 4.69) is 17.9 Å². The number of hydrogen-bond donors (Lipinski definition) is 1. The largest absolute Gasteiger partial charge is 0.508 e. The van der Waals surface area contributed by atoms with Gasteiger partial charge in [-0.05, 0) is 72.0 Å². The van der Waals surface area contributed by atoms with Crippen LogP contribution >= 0.6 is 0 Å². The van der Waals surface area contributed by atoms with E-state index in [-0.39, 0.29) is 23.0 Å². The van der Waals surface area contributed by atoms with Gasteiger partial charge in [-0.25, -0.2) is 0 Å². The van der Waals surface area contributed by atoms with Crippen molar-refractivity contribution in [3.8, 4) is 40.0 Å². The SMILES string of the molecule is O=C(c1ccc2c(c1)CCC#CCC2)N1CCN(C(=O)c2ccccc2-c2c3ccc(=O)cc-3oc3cc(O)ccc23)CC1. The van der Waals surface area contributed by atoms with Crippen molar-refractivity contribution in [1.29, 1.82) is 0 Å². The zero-order valence-electron chi connectivity index (χ0n) is 24.1. The quantitative estimate of drug-likeness (QED) is 0.216. The highest BCUT2D eigenvalue weighted by atomic mass is 16.3. The van der Waals surface area contributed by atoms with Crippen molar-refractivity contribution in [3.63, 3.8) is 0 Å². The van der Waals surface area contributed by atoms with Crippen LogP contribution in [-0.4, -0.2) is 52.9 Å². The summed E-state index contributed by atoms with van der Waals surface area (Å²) in [4.78, 5) is 43.3. The second kappa shape index (κ2) is 11.4. The lowest BCUT2D eigenvalue weighted by Gasteiger charge is -2.35. The molecule has 0 spiro atoms. The van der Waals surface area contributed by atoms with E-state index in [0.717, 1.165) is 31.2 Å². The van der Waals surface area contributed by atoms with Crippen molar-refractivity contribution >= 4 is 22.8 Å². The molecule has 0 aromatic heterocycles. The van der Waals surface area contributed by atoms with E-state index in [1.807, 2.05) is 41.3 Å². The third kappa shape index (κ3) is 5.09. The summed E-state index contributed by atoms with van der Waals surface area (Å²) < 4.78 is 6.00. The van der Waals surface area contributed by atoms with Gasteiger partial charge in [0.25, 0.3) is 11.8 Å². The number of nitrogens with zero attached hydrogens (tertiary/aromatic N) is 2. The van der Waals surface area contributed by atoms with Gasteiger partial charge < -0.3 is 19.3 Å². The molecule has 218 valence electrons. The van der Waals surface area contributed by atoms with Crippen LogP contribution < -0.4 is 5.43 Å². The van der Waals surface area contributed by atoms with E-state index in [0.29, 0.717) is 65.2 Å². The second-order valence-corrected chi connectivity index (χ2v) is 11.3. The lowest BCUT2D eigenvalue weighted by atomic mass is 9.90. The first-order valence-corrected chi connectivity index (χ1v) is 14.9. The summed E-state index contributed by atoms with van der Waals surface area (Å²) in [5.41, 5.74) is 6.04. The fraction of sp³-hybridized carbons (Fsp3) is 0.216. The number of benzene rings is 4. The zero-order chi connectivity index (χ0) is 30.2. The normalized spacial score (nSPS) is 14.8. The van der Waals surface area contributed by atoms with Crippen LogP contribution in [0.4, 0.5) is 0 Å². The summed E-state index contributed by atoms with van der Waals surface area (Å²) >= 11 is 0. The zero-order valence-corrected chi connectivity index (χ0v) is 24.1. The molecule has 2 amide bonds. The highest BCUT2D eigenvalue weighted by molar-refractivity contribution is 6.09. The first-order valence-electron chi connectivity index (χ1n) is 14.9. The topological polar surface area (TPSA) is 91.1 Å². The number of fused-ring (bicyclic) bond motifs is 3. The molecule has 0 bridgehead atoms. The van der Waals surface area contributed by atoms with Crippen LogP contribution in [0.3, 0.4) is 0 Å². The number of aromatic hydroxyl groups is 1. The molecule has 0 unspecified atom stereocenters. The predicted octanol–water partition coefficient (Wildman–Crippen LogP) is 5.75. The van der Waals surface area contributed by atoms with Gasteiger partial charge in [0.1, 0.15) is 17.1 Å². The predicted molar refractivity (Wildman–Crippen MR) is 169 cm³/mol. The third-order valence-corrected chi connectivity index (χ3v) is 8.57. The number of aryl methyl sites for hydroxylation is 2. The number of phenolic OH excluding ortho intramolecular Hbond substituents is 1. The number of hydrogen-bond acceptors (Lipinski definition) is 5. The Hall–Kier alpha value is -5.35. The van der Waals surface area contributed by atoms with Crippen molar-refractivity contribution in [2.24, 2.45) is 0 Å².